The number of carbonyl (C=O) groups is 1. The molecule has 0 fully saturated rings. The molecule has 1 aromatic heterocycles. The lowest BCUT2D eigenvalue weighted by Crippen LogP contribution is -2.35. The number of thioether (sulfide) groups is 1. The van der Waals surface area contributed by atoms with Crippen LogP contribution in [0.2, 0.25) is 0 Å². The summed E-state index contributed by atoms with van der Waals surface area (Å²) < 4.78 is 14.1. The van der Waals surface area contributed by atoms with E-state index in [0.717, 1.165) is 39.2 Å². The lowest BCUT2D eigenvalue weighted by atomic mass is 10.1. The minimum Gasteiger partial charge on any atom is -0.491 e. The highest BCUT2D eigenvalue weighted by molar-refractivity contribution is 8.27. The molecule has 8 nitrogen and oxygen atoms in total. The Morgan fingerprint density at radius 3 is 2.56 bits per heavy atom. The van der Waals surface area contributed by atoms with Crippen LogP contribution in [0.4, 0.5) is 0 Å². The zero-order chi connectivity index (χ0) is 28.5. The fourth-order valence-corrected chi connectivity index (χ4v) is 5.83. The molecule has 0 radical (unpaired) electrons. The highest BCUT2D eigenvalue weighted by Gasteiger charge is 2.36. The van der Waals surface area contributed by atoms with Crippen molar-refractivity contribution in [3.8, 4) is 11.5 Å². The SMILES string of the molecule is Cc1ccc(OCCn2c(C)c(C=C3C(=N)N4N=C(COc5ccccc5)SC4=NC3=O)c3ccccc32)c(C)c1. The van der Waals surface area contributed by atoms with Crippen LogP contribution in [0.3, 0.4) is 0 Å². The molecule has 1 N–H and O–H groups in total. The summed E-state index contributed by atoms with van der Waals surface area (Å²) in [7, 11) is 0. The first-order valence-electron chi connectivity index (χ1n) is 13.3. The Balaban J connectivity index is 1.25. The van der Waals surface area contributed by atoms with Gasteiger partial charge >= 0.3 is 0 Å². The number of nitrogens with zero attached hydrogens (tertiary/aromatic N) is 4. The van der Waals surface area contributed by atoms with Crippen LogP contribution >= 0.6 is 11.8 Å². The molecule has 1 amide bonds. The van der Waals surface area contributed by atoms with Gasteiger partial charge in [-0.25, -0.2) is 0 Å². The third-order valence-corrected chi connectivity index (χ3v) is 7.96. The topological polar surface area (TPSA) is 92.3 Å². The van der Waals surface area contributed by atoms with Gasteiger partial charge in [-0.1, -0.05) is 54.1 Å². The number of fused-ring (bicyclic) bond motifs is 2. The van der Waals surface area contributed by atoms with Crippen molar-refractivity contribution in [2.45, 2.75) is 27.3 Å². The van der Waals surface area contributed by atoms with E-state index in [9.17, 15) is 4.79 Å². The Kier molecular flexibility index (Phi) is 7.19. The molecule has 2 aliphatic rings. The molecule has 9 heteroatoms. The number of ether oxygens (including phenoxy) is 2. The van der Waals surface area contributed by atoms with Gasteiger partial charge < -0.3 is 14.0 Å². The van der Waals surface area contributed by atoms with Gasteiger partial charge in [0.25, 0.3) is 5.91 Å². The molecule has 6 rings (SSSR count). The molecular weight excluding hydrogens is 534 g/mol. The molecular formula is C32H29N5O3S. The van der Waals surface area contributed by atoms with Crippen molar-refractivity contribution < 1.29 is 14.3 Å². The maximum Gasteiger partial charge on any atom is 0.283 e. The number of rotatable bonds is 8. The highest BCUT2D eigenvalue weighted by Crippen LogP contribution is 2.32. The van der Waals surface area contributed by atoms with Gasteiger partial charge in [-0.3, -0.25) is 10.2 Å². The van der Waals surface area contributed by atoms with E-state index >= 15 is 0 Å². The fourth-order valence-electron chi connectivity index (χ4n) is 5.03. The number of para-hydroxylation sites is 2. The Bertz CT molecular complexity index is 1770. The van der Waals surface area contributed by atoms with Crippen LogP contribution in [0, 0.1) is 26.2 Å². The van der Waals surface area contributed by atoms with E-state index in [1.165, 1.54) is 22.3 Å². The Morgan fingerprint density at radius 1 is 0.976 bits per heavy atom. The van der Waals surface area contributed by atoms with Gasteiger partial charge in [0.05, 0.1) is 12.1 Å². The molecule has 4 aromatic rings. The van der Waals surface area contributed by atoms with Crippen LogP contribution in [0.5, 0.6) is 11.5 Å². The molecule has 0 bridgehead atoms. The molecule has 0 atom stereocenters. The zero-order valence-electron chi connectivity index (χ0n) is 23.0. The van der Waals surface area contributed by atoms with Gasteiger partial charge in [-0.2, -0.15) is 15.1 Å². The summed E-state index contributed by atoms with van der Waals surface area (Å²) in [6, 6.07) is 23.7. The van der Waals surface area contributed by atoms with E-state index in [1.807, 2.05) is 61.5 Å². The predicted octanol–water partition coefficient (Wildman–Crippen LogP) is 6.34. The van der Waals surface area contributed by atoms with E-state index in [2.05, 4.69) is 46.7 Å². The van der Waals surface area contributed by atoms with Crippen molar-refractivity contribution in [3.63, 3.8) is 0 Å². The zero-order valence-corrected chi connectivity index (χ0v) is 23.9. The number of nitrogens with one attached hydrogen (secondary N) is 1. The summed E-state index contributed by atoms with van der Waals surface area (Å²) >= 11 is 1.24. The molecule has 3 aromatic carbocycles. The second kappa shape index (κ2) is 11.1. The quantitative estimate of drug-likeness (QED) is 0.253. The maximum absolute atomic E-state index is 13.1. The number of benzene rings is 3. The van der Waals surface area contributed by atoms with E-state index in [1.54, 1.807) is 6.08 Å². The van der Waals surface area contributed by atoms with Gasteiger partial charge in [0.2, 0.25) is 5.17 Å². The van der Waals surface area contributed by atoms with Crippen LogP contribution in [0.1, 0.15) is 22.4 Å². The summed E-state index contributed by atoms with van der Waals surface area (Å²) in [4.78, 5) is 17.4. The standard InChI is InChI=1S/C32H29N5O3S/c1-20-13-14-28(21(2)17-20)39-16-15-36-22(3)25(24-11-7-8-12-27(24)36)18-26-30(33)37-32(34-31(26)38)41-29(35-37)19-40-23-9-5-4-6-10-23/h4-14,17-18,33H,15-16,19H2,1-3H3. The average Bonchev–Trinajstić information content (AvgIpc) is 3.50. The number of hydrogen-bond donors (Lipinski definition) is 1. The first-order chi connectivity index (χ1) is 19.9. The van der Waals surface area contributed by atoms with Gasteiger partial charge in [0.1, 0.15) is 29.8 Å². The van der Waals surface area contributed by atoms with Crippen molar-refractivity contribution in [1.82, 2.24) is 9.58 Å². The molecule has 41 heavy (non-hydrogen) atoms. The molecule has 0 aliphatic carbocycles. The van der Waals surface area contributed by atoms with Gasteiger partial charge in [0.15, 0.2) is 5.84 Å². The normalized spacial score (nSPS) is 15.8. The predicted molar refractivity (Wildman–Crippen MR) is 165 cm³/mol. The first kappa shape index (κ1) is 26.6. The number of aryl methyl sites for hydroxylation is 2. The van der Waals surface area contributed by atoms with Gasteiger partial charge in [0, 0.05) is 22.2 Å². The second-order valence-electron chi connectivity index (χ2n) is 9.90. The Morgan fingerprint density at radius 2 is 1.76 bits per heavy atom. The number of carbonyl (C=O) groups excluding carboxylic acids is 1. The number of hydrazone groups is 1. The average molecular weight is 564 g/mol. The van der Waals surface area contributed by atoms with Crippen LogP contribution in [-0.4, -0.2) is 44.7 Å². The molecule has 0 spiro atoms. The number of amides is 1. The molecule has 2 aliphatic heterocycles. The smallest absolute Gasteiger partial charge is 0.283 e. The van der Waals surface area contributed by atoms with Crippen LogP contribution in [-0.2, 0) is 11.3 Å². The van der Waals surface area contributed by atoms with Crippen LogP contribution < -0.4 is 9.47 Å². The highest BCUT2D eigenvalue weighted by atomic mass is 32.2. The molecule has 0 unspecified atom stereocenters. The summed E-state index contributed by atoms with van der Waals surface area (Å²) in [6.07, 6.45) is 1.77. The van der Waals surface area contributed by atoms with Crippen molar-refractivity contribution in [1.29, 1.82) is 5.41 Å². The fraction of sp³-hybridized carbons (Fsp3) is 0.188. The van der Waals surface area contributed by atoms with Crippen molar-refractivity contribution in [3.05, 3.63) is 101 Å². The summed E-state index contributed by atoms with van der Waals surface area (Å²) in [6.45, 7) is 7.50. The molecule has 206 valence electrons. The van der Waals surface area contributed by atoms with Crippen molar-refractivity contribution >= 4 is 50.7 Å². The van der Waals surface area contributed by atoms with E-state index in [0.29, 0.717) is 23.4 Å². The monoisotopic (exact) mass is 563 g/mol. The van der Waals surface area contributed by atoms with Crippen LogP contribution in [0.25, 0.3) is 17.0 Å². The molecule has 0 saturated heterocycles. The van der Waals surface area contributed by atoms with E-state index in [-0.39, 0.29) is 18.0 Å². The third kappa shape index (κ3) is 5.28. The van der Waals surface area contributed by atoms with Gasteiger partial charge in [-0.05, 0) is 68.4 Å². The lowest BCUT2D eigenvalue weighted by Gasteiger charge is -2.20. The first-order valence-corrected chi connectivity index (χ1v) is 14.2. The van der Waals surface area contributed by atoms with E-state index in [4.69, 9.17) is 14.9 Å². The number of aliphatic imine (C=N–C) groups is 1. The van der Waals surface area contributed by atoms with Crippen LogP contribution in [0.15, 0.2) is 88.5 Å². The maximum atomic E-state index is 13.1. The van der Waals surface area contributed by atoms with Crippen molar-refractivity contribution in [2.75, 3.05) is 13.2 Å². The minimum atomic E-state index is -0.455. The largest absolute Gasteiger partial charge is 0.491 e. The number of aromatic nitrogens is 1. The summed E-state index contributed by atoms with van der Waals surface area (Å²) in [5.74, 6) is 1.14. The van der Waals surface area contributed by atoms with Gasteiger partial charge in [-0.15, -0.1) is 0 Å². The Hall–Kier alpha value is -4.63. The number of amidine groups is 2. The summed E-state index contributed by atoms with van der Waals surface area (Å²) in [5.41, 5.74) is 5.40. The Labute approximate surface area is 242 Å². The molecule has 3 heterocycles. The second-order valence-corrected chi connectivity index (χ2v) is 10.9. The number of hydrogen-bond acceptors (Lipinski definition) is 6. The molecule has 0 saturated carbocycles. The van der Waals surface area contributed by atoms with E-state index < -0.39 is 5.91 Å². The van der Waals surface area contributed by atoms with Crippen molar-refractivity contribution in [2.24, 2.45) is 10.1 Å². The lowest BCUT2D eigenvalue weighted by molar-refractivity contribution is -0.114. The minimum absolute atomic E-state index is 0.00313. The summed E-state index contributed by atoms with van der Waals surface area (Å²) in [5, 5.41) is 16.8. The third-order valence-electron chi connectivity index (χ3n) is 7.07.